The molecule has 0 amide bonds. The third-order valence-electron chi connectivity index (χ3n) is 2.69. The van der Waals surface area contributed by atoms with Crippen molar-refractivity contribution >= 4 is 5.97 Å². The number of esters is 1. The van der Waals surface area contributed by atoms with Gasteiger partial charge in [-0.2, -0.15) is 0 Å². The molecule has 1 aromatic carbocycles. The molecule has 1 aromatic rings. The summed E-state index contributed by atoms with van der Waals surface area (Å²) in [6, 6.07) is 10.2. The van der Waals surface area contributed by atoms with Gasteiger partial charge in [-0.3, -0.25) is 0 Å². The lowest BCUT2D eigenvalue weighted by Crippen LogP contribution is -2.15. The maximum atomic E-state index is 11.4. The van der Waals surface area contributed by atoms with Crippen molar-refractivity contribution in [1.82, 2.24) is 4.90 Å². The summed E-state index contributed by atoms with van der Waals surface area (Å²) in [6.45, 7) is 1.42. The highest BCUT2D eigenvalue weighted by atomic mass is 16.5. The van der Waals surface area contributed by atoms with Crippen LogP contribution in [0.5, 0.6) is 0 Å². The lowest BCUT2D eigenvalue weighted by atomic mass is 10.1. The van der Waals surface area contributed by atoms with E-state index in [-0.39, 0.29) is 5.97 Å². The van der Waals surface area contributed by atoms with E-state index in [0.717, 1.165) is 25.8 Å². The summed E-state index contributed by atoms with van der Waals surface area (Å²) >= 11 is 0. The average Bonchev–Trinajstić information content (AvgIpc) is 2.41. The molecule has 104 valence electrons. The number of nitrogens with zero attached hydrogens (tertiary/aromatic N) is 1. The lowest BCUT2D eigenvalue weighted by Gasteiger charge is -2.08. The Morgan fingerprint density at radius 2 is 2.00 bits per heavy atom. The molecule has 0 aliphatic rings. The molecule has 0 radical (unpaired) electrons. The Kier molecular flexibility index (Phi) is 7.59. The van der Waals surface area contributed by atoms with E-state index in [2.05, 4.69) is 17.0 Å². The zero-order chi connectivity index (χ0) is 13.9. The van der Waals surface area contributed by atoms with E-state index in [1.165, 1.54) is 11.6 Å². The fourth-order valence-electron chi connectivity index (χ4n) is 1.68. The smallest absolute Gasteiger partial charge is 0.330 e. The second-order valence-electron chi connectivity index (χ2n) is 4.75. The normalized spacial score (nSPS) is 11.1. The van der Waals surface area contributed by atoms with Crippen LogP contribution >= 0.6 is 0 Å². The molecule has 0 spiro atoms. The molecule has 0 aliphatic carbocycles. The summed E-state index contributed by atoms with van der Waals surface area (Å²) < 4.78 is 5.09. The highest BCUT2D eigenvalue weighted by Gasteiger charge is 1.97. The number of hydrogen-bond donors (Lipinski definition) is 0. The van der Waals surface area contributed by atoms with Gasteiger partial charge in [0.15, 0.2) is 0 Å². The van der Waals surface area contributed by atoms with Crippen LogP contribution in [0.2, 0.25) is 0 Å². The Hall–Kier alpha value is -1.61. The maximum absolute atomic E-state index is 11.4. The van der Waals surface area contributed by atoms with E-state index in [0.29, 0.717) is 6.61 Å². The highest BCUT2D eigenvalue weighted by molar-refractivity contribution is 5.81. The molecule has 0 unspecified atom stereocenters. The molecule has 0 saturated heterocycles. The van der Waals surface area contributed by atoms with Gasteiger partial charge in [-0.25, -0.2) is 4.79 Å². The predicted octanol–water partition coefficient (Wildman–Crippen LogP) is 2.67. The van der Waals surface area contributed by atoms with E-state index in [4.69, 9.17) is 4.74 Å². The van der Waals surface area contributed by atoms with Crippen molar-refractivity contribution in [3.8, 4) is 0 Å². The first-order valence-electron chi connectivity index (χ1n) is 6.70. The van der Waals surface area contributed by atoms with E-state index in [1.807, 2.05) is 38.4 Å². The molecule has 0 aliphatic heterocycles. The van der Waals surface area contributed by atoms with Crippen LogP contribution in [0.15, 0.2) is 42.5 Å². The van der Waals surface area contributed by atoms with Crippen molar-refractivity contribution in [2.24, 2.45) is 0 Å². The van der Waals surface area contributed by atoms with E-state index >= 15 is 0 Å². The van der Waals surface area contributed by atoms with Gasteiger partial charge in [0, 0.05) is 12.6 Å². The average molecular weight is 261 g/mol. The zero-order valence-corrected chi connectivity index (χ0v) is 11.8. The molecular formula is C16H23NO2. The third-order valence-corrected chi connectivity index (χ3v) is 2.69. The van der Waals surface area contributed by atoms with Crippen LogP contribution < -0.4 is 0 Å². The van der Waals surface area contributed by atoms with Gasteiger partial charge >= 0.3 is 5.97 Å². The van der Waals surface area contributed by atoms with Gasteiger partial charge in [-0.15, -0.1) is 0 Å². The minimum absolute atomic E-state index is 0.244. The topological polar surface area (TPSA) is 29.5 Å². The zero-order valence-electron chi connectivity index (χ0n) is 11.8. The fraction of sp³-hybridized carbons (Fsp3) is 0.438. The number of allylic oxidation sites excluding steroid dienone is 1. The Labute approximate surface area is 115 Å². The van der Waals surface area contributed by atoms with Gasteiger partial charge in [0.25, 0.3) is 0 Å². The number of hydrogen-bond acceptors (Lipinski definition) is 3. The lowest BCUT2D eigenvalue weighted by molar-refractivity contribution is -0.137. The number of ether oxygens (including phenoxy) is 1. The van der Waals surface area contributed by atoms with Crippen molar-refractivity contribution < 1.29 is 9.53 Å². The largest absolute Gasteiger partial charge is 0.462 e. The Balaban J connectivity index is 2.10. The molecule has 1 rings (SSSR count). The molecular weight excluding hydrogens is 238 g/mol. The number of carbonyl (C=O) groups is 1. The van der Waals surface area contributed by atoms with Crippen molar-refractivity contribution in [2.75, 3.05) is 27.2 Å². The van der Waals surface area contributed by atoms with Crippen LogP contribution in [0, 0.1) is 0 Å². The quantitative estimate of drug-likeness (QED) is 0.409. The number of rotatable bonds is 8. The van der Waals surface area contributed by atoms with Crippen molar-refractivity contribution in [1.29, 1.82) is 0 Å². The summed E-state index contributed by atoms with van der Waals surface area (Å²) in [6.07, 6.45) is 6.08. The van der Waals surface area contributed by atoms with Crippen LogP contribution in [-0.2, 0) is 16.0 Å². The minimum Gasteiger partial charge on any atom is -0.462 e. The molecule has 0 bridgehead atoms. The first-order valence-corrected chi connectivity index (χ1v) is 6.70. The van der Waals surface area contributed by atoms with Crippen molar-refractivity contribution in [3.05, 3.63) is 48.0 Å². The fourth-order valence-corrected chi connectivity index (χ4v) is 1.68. The molecule has 19 heavy (non-hydrogen) atoms. The number of aryl methyl sites for hydroxylation is 1. The van der Waals surface area contributed by atoms with Gasteiger partial charge in [-0.1, -0.05) is 36.4 Å². The molecule has 0 heterocycles. The molecule has 0 atom stereocenters. The summed E-state index contributed by atoms with van der Waals surface area (Å²) in [5, 5.41) is 0. The Morgan fingerprint density at radius 1 is 1.26 bits per heavy atom. The summed E-state index contributed by atoms with van der Waals surface area (Å²) in [5.41, 5.74) is 1.28. The first kappa shape index (κ1) is 15.4. The van der Waals surface area contributed by atoms with Gasteiger partial charge in [-0.05, 0) is 38.9 Å². The number of benzene rings is 1. The summed E-state index contributed by atoms with van der Waals surface area (Å²) in [4.78, 5) is 13.4. The molecule has 0 N–H and O–H groups in total. The Bertz CT molecular complexity index is 385. The van der Waals surface area contributed by atoms with Crippen LogP contribution in [0.3, 0.4) is 0 Å². The van der Waals surface area contributed by atoms with Crippen molar-refractivity contribution in [3.63, 3.8) is 0 Å². The predicted molar refractivity (Wildman–Crippen MR) is 78.0 cm³/mol. The second kappa shape index (κ2) is 9.34. The van der Waals surface area contributed by atoms with Crippen molar-refractivity contribution in [2.45, 2.75) is 19.3 Å². The molecule has 0 saturated carbocycles. The van der Waals surface area contributed by atoms with Crippen LogP contribution in [0.4, 0.5) is 0 Å². The standard InChI is InChI=1S/C16H23NO2/c1-17(2)13-8-14-19-16(18)12-7-6-11-15-9-4-3-5-10-15/h3-5,7,9-10,12H,6,8,11,13-14H2,1-2H3/b12-7+. The molecule has 3 nitrogen and oxygen atoms in total. The maximum Gasteiger partial charge on any atom is 0.330 e. The first-order chi connectivity index (χ1) is 9.18. The van der Waals surface area contributed by atoms with Gasteiger partial charge < -0.3 is 9.64 Å². The number of carbonyl (C=O) groups excluding carboxylic acids is 1. The van der Waals surface area contributed by atoms with E-state index < -0.39 is 0 Å². The Morgan fingerprint density at radius 3 is 2.68 bits per heavy atom. The van der Waals surface area contributed by atoms with Gasteiger partial charge in [0.1, 0.15) is 0 Å². The van der Waals surface area contributed by atoms with Crippen LogP contribution in [0.25, 0.3) is 0 Å². The van der Waals surface area contributed by atoms with E-state index in [9.17, 15) is 4.79 Å². The highest BCUT2D eigenvalue weighted by Crippen LogP contribution is 2.02. The summed E-state index contributed by atoms with van der Waals surface area (Å²) in [5.74, 6) is -0.244. The second-order valence-corrected chi connectivity index (χ2v) is 4.75. The minimum atomic E-state index is -0.244. The molecule has 0 aromatic heterocycles. The monoisotopic (exact) mass is 261 g/mol. The van der Waals surface area contributed by atoms with E-state index in [1.54, 1.807) is 0 Å². The van der Waals surface area contributed by atoms with Gasteiger partial charge in [0.2, 0.25) is 0 Å². The molecule has 3 heteroatoms. The third kappa shape index (κ3) is 8.16. The van der Waals surface area contributed by atoms with Gasteiger partial charge in [0.05, 0.1) is 6.61 Å². The summed E-state index contributed by atoms with van der Waals surface area (Å²) in [7, 11) is 4.01. The SMILES string of the molecule is CN(C)CCCOC(=O)/C=C/CCc1ccccc1. The molecule has 0 fully saturated rings. The van der Waals surface area contributed by atoms with Crippen LogP contribution in [-0.4, -0.2) is 38.1 Å². The van der Waals surface area contributed by atoms with Crippen LogP contribution in [0.1, 0.15) is 18.4 Å².